The van der Waals surface area contributed by atoms with Gasteiger partial charge in [-0.1, -0.05) is 18.2 Å². The summed E-state index contributed by atoms with van der Waals surface area (Å²) in [5, 5.41) is 13.9. The Morgan fingerprint density at radius 2 is 1.86 bits per heavy atom. The first-order valence-corrected chi connectivity index (χ1v) is 8.71. The highest BCUT2D eigenvalue weighted by Crippen LogP contribution is 2.23. The van der Waals surface area contributed by atoms with Crippen molar-refractivity contribution in [3.8, 4) is 5.75 Å². The van der Waals surface area contributed by atoms with Gasteiger partial charge in [0.15, 0.2) is 0 Å². The monoisotopic (exact) mass is 386 g/mol. The van der Waals surface area contributed by atoms with E-state index in [4.69, 9.17) is 9.47 Å². The highest BCUT2D eigenvalue weighted by atomic mass is 16.6. The molecule has 1 amide bonds. The molecule has 0 bridgehead atoms. The molecular formula is C20H22N2O6. The quantitative estimate of drug-likeness (QED) is 0.423. The Kier molecular flexibility index (Phi) is 7.08. The fourth-order valence-electron chi connectivity index (χ4n) is 2.66. The van der Waals surface area contributed by atoms with E-state index in [2.05, 4.69) is 5.32 Å². The highest BCUT2D eigenvalue weighted by molar-refractivity contribution is 5.95. The summed E-state index contributed by atoms with van der Waals surface area (Å²) in [5.41, 5.74) is 1.14. The van der Waals surface area contributed by atoms with Gasteiger partial charge in [0, 0.05) is 17.2 Å². The standard InChI is InChI=1S/C20H22N2O6/c1-4-28-19(23)12-17(14-7-9-16(27-3)10-8-14)21-20(24)15-6-5-13(2)18(11-15)22(25)26/h5-11,17H,4,12H2,1-3H3,(H,21,24). The minimum absolute atomic E-state index is 0.0696. The molecule has 2 rings (SSSR count). The van der Waals surface area contributed by atoms with Crippen molar-refractivity contribution in [2.24, 2.45) is 0 Å². The van der Waals surface area contributed by atoms with Crippen LogP contribution in [0.25, 0.3) is 0 Å². The van der Waals surface area contributed by atoms with Crippen LogP contribution in [0.2, 0.25) is 0 Å². The smallest absolute Gasteiger partial charge is 0.308 e. The number of methoxy groups -OCH3 is 1. The van der Waals surface area contributed by atoms with Crippen molar-refractivity contribution in [3.63, 3.8) is 0 Å². The van der Waals surface area contributed by atoms with Crippen molar-refractivity contribution < 1.29 is 24.0 Å². The first-order chi connectivity index (χ1) is 13.3. The topological polar surface area (TPSA) is 108 Å². The van der Waals surface area contributed by atoms with Gasteiger partial charge in [0.05, 0.1) is 31.1 Å². The molecule has 0 aromatic heterocycles. The van der Waals surface area contributed by atoms with Crippen LogP contribution < -0.4 is 10.1 Å². The van der Waals surface area contributed by atoms with E-state index in [0.717, 1.165) is 0 Å². The van der Waals surface area contributed by atoms with Gasteiger partial charge in [-0.2, -0.15) is 0 Å². The van der Waals surface area contributed by atoms with Crippen LogP contribution in [-0.2, 0) is 9.53 Å². The van der Waals surface area contributed by atoms with E-state index in [1.807, 2.05) is 0 Å². The Balaban J connectivity index is 2.27. The van der Waals surface area contributed by atoms with E-state index in [1.54, 1.807) is 38.1 Å². The van der Waals surface area contributed by atoms with Crippen LogP contribution in [0.4, 0.5) is 5.69 Å². The summed E-state index contributed by atoms with van der Waals surface area (Å²) in [7, 11) is 1.54. The number of nitrogens with one attached hydrogen (secondary N) is 1. The maximum absolute atomic E-state index is 12.7. The van der Waals surface area contributed by atoms with Crippen molar-refractivity contribution in [1.82, 2.24) is 5.32 Å². The maximum atomic E-state index is 12.7. The Labute approximate surface area is 162 Å². The number of ether oxygens (including phenoxy) is 2. The van der Waals surface area contributed by atoms with E-state index in [0.29, 0.717) is 16.9 Å². The molecule has 0 radical (unpaired) electrons. The van der Waals surface area contributed by atoms with E-state index in [-0.39, 0.29) is 24.3 Å². The number of esters is 1. The number of nitro groups is 1. The number of carbonyl (C=O) groups is 2. The molecule has 0 spiro atoms. The molecule has 0 saturated heterocycles. The van der Waals surface area contributed by atoms with Gasteiger partial charge in [0.1, 0.15) is 5.75 Å². The molecule has 2 aromatic carbocycles. The SMILES string of the molecule is CCOC(=O)CC(NC(=O)c1ccc(C)c([N+](=O)[O-])c1)c1ccc(OC)cc1. The zero-order chi connectivity index (χ0) is 20.7. The minimum Gasteiger partial charge on any atom is -0.497 e. The lowest BCUT2D eigenvalue weighted by Gasteiger charge is -2.19. The van der Waals surface area contributed by atoms with Crippen LogP contribution in [0.1, 0.15) is 40.9 Å². The second-order valence-corrected chi connectivity index (χ2v) is 6.07. The average molecular weight is 386 g/mol. The number of aryl methyl sites for hydroxylation is 1. The van der Waals surface area contributed by atoms with Crippen LogP contribution >= 0.6 is 0 Å². The predicted octanol–water partition coefficient (Wildman–Crippen LogP) is 3.34. The van der Waals surface area contributed by atoms with Gasteiger partial charge in [-0.15, -0.1) is 0 Å². The van der Waals surface area contributed by atoms with Crippen LogP contribution in [0.15, 0.2) is 42.5 Å². The van der Waals surface area contributed by atoms with E-state index in [1.165, 1.54) is 25.3 Å². The number of nitrogens with zero attached hydrogens (tertiary/aromatic N) is 1. The Morgan fingerprint density at radius 3 is 2.43 bits per heavy atom. The summed E-state index contributed by atoms with van der Waals surface area (Å²) in [5.74, 6) is -0.342. The molecule has 0 aliphatic rings. The third-order valence-electron chi connectivity index (χ3n) is 4.17. The first-order valence-electron chi connectivity index (χ1n) is 8.71. The van der Waals surface area contributed by atoms with E-state index < -0.39 is 22.8 Å². The first kappa shape index (κ1) is 20.9. The number of hydrogen-bond donors (Lipinski definition) is 1. The second kappa shape index (κ2) is 9.50. The molecule has 0 heterocycles. The molecule has 1 atom stereocenters. The molecule has 2 aromatic rings. The number of nitro benzene ring substituents is 1. The molecule has 0 aliphatic heterocycles. The molecule has 148 valence electrons. The molecule has 0 aliphatic carbocycles. The number of hydrogen-bond acceptors (Lipinski definition) is 6. The van der Waals surface area contributed by atoms with Gasteiger partial charge in [-0.05, 0) is 37.6 Å². The van der Waals surface area contributed by atoms with Crippen molar-refractivity contribution in [2.45, 2.75) is 26.3 Å². The summed E-state index contributed by atoms with van der Waals surface area (Å²) in [6.07, 6.45) is -0.0696. The lowest BCUT2D eigenvalue weighted by atomic mass is 10.0. The van der Waals surface area contributed by atoms with Crippen molar-refractivity contribution in [2.75, 3.05) is 13.7 Å². The van der Waals surface area contributed by atoms with Crippen LogP contribution in [0.5, 0.6) is 5.75 Å². The molecule has 8 nitrogen and oxygen atoms in total. The van der Waals surface area contributed by atoms with Crippen LogP contribution in [-0.4, -0.2) is 30.5 Å². The highest BCUT2D eigenvalue weighted by Gasteiger charge is 2.22. The number of rotatable bonds is 8. The summed E-state index contributed by atoms with van der Waals surface area (Å²) >= 11 is 0. The third-order valence-corrected chi connectivity index (χ3v) is 4.17. The lowest BCUT2D eigenvalue weighted by Crippen LogP contribution is -2.30. The number of carbonyl (C=O) groups excluding carboxylic acids is 2. The molecular weight excluding hydrogens is 364 g/mol. The molecule has 28 heavy (non-hydrogen) atoms. The average Bonchev–Trinajstić information content (AvgIpc) is 2.67. The van der Waals surface area contributed by atoms with Gasteiger partial charge in [-0.3, -0.25) is 19.7 Å². The van der Waals surface area contributed by atoms with Gasteiger partial charge in [-0.25, -0.2) is 0 Å². The van der Waals surface area contributed by atoms with E-state index in [9.17, 15) is 19.7 Å². The van der Waals surface area contributed by atoms with Crippen molar-refractivity contribution >= 4 is 17.6 Å². The molecule has 8 heteroatoms. The molecule has 1 N–H and O–H groups in total. The van der Waals surface area contributed by atoms with Crippen molar-refractivity contribution in [3.05, 3.63) is 69.3 Å². The lowest BCUT2D eigenvalue weighted by molar-refractivity contribution is -0.385. The normalized spacial score (nSPS) is 11.4. The summed E-state index contributed by atoms with van der Waals surface area (Å²) < 4.78 is 10.1. The largest absolute Gasteiger partial charge is 0.497 e. The summed E-state index contributed by atoms with van der Waals surface area (Å²) in [6, 6.07) is 10.5. The Bertz CT molecular complexity index is 863. The van der Waals surface area contributed by atoms with Gasteiger partial charge in [0.25, 0.3) is 11.6 Å². The fourth-order valence-corrected chi connectivity index (χ4v) is 2.66. The fraction of sp³-hybridized carbons (Fsp3) is 0.300. The van der Waals surface area contributed by atoms with Crippen LogP contribution in [0, 0.1) is 17.0 Å². The van der Waals surface area contributed by atoms with Crippen molar-refractivity contribution in [1.29, 1.82) is 0 Å². The third kappa shape index (κ3) is 5.29. The van der Waals surface area contributed by atoms with E-state index >= 15 is 0 Å². The number of amides is 1. The second-order valence-electron chi connectivity index (χ2n) is 6.07. The zero-order valence-corrected chi connectivity index (χ0v) is 15.9. The van der Waals surface area contributed by atoms with Gasteiger partial charge in [0.2, 0.25) is 0 Å². The Hall–Kier alpha value is -3.42. The molecule has 1 unspecified atom stereocenters. The summed E-state index contributed by atoms with van der Waals surface area (Å²) in [4.78, 5) is 35.2. The van der Waals surface area contributed by atoms with Crippen LogP contribution in [0.3, 0.4) is 0 Å². The predicted molar refractivity (Wildman–Crippen MR) is 102 cm³/mol. The maximum Gasteiger partial charge on any atom is 0.308 e. The number of benzene rings is 2. The Morgan fingerprint density at radius 1 is 1.18 bits per heavy atom. The molecule has 0 saturated carbocycles. The molecule has 0 fully saturated rings. The zero-order valence-electron chi connectivity index (χ0n) is 15.9. The van der Waals surface area contributed by atoms with Gasteiger partial charge < -0.3 is 14.8 Å². The minimum atomic E-state index is -0.655. The summed E-state index contributed by atoms with van der Waals surface area (Å²) in [6.45, 7) is 3.53. The van der Waals surface area contributed by atoms with Gasteiger partial charge >= 0.3 is 5.97 Å².